The van der Waals surface area contributed by atoms with Crippen LogP contribution in [-0.2, 0) is 4.79 Å². The summed E-state index contributed by atoms with van der Waals surface area (Å²) in [6.45, 7) is 5.35. The highest BCUT2D eigenvalue weighted by Gasteiger charge is 2.24. The molecule has 106 valence electrons. The molecule has 0 aliphatic carbocycles. The van der Waals surface area contributed by atoms with Crippen LogP contribution in [0.15, 0.2) is 12.1 Å². The number of benzene rings is 1. The number of carboxylic acid groups (broad SMARTS) is 1. The Morgan fingerprint density at radius 3 is 2.16 bits per heavy atom. The molecular formula is C14H20O5. The van der Waals surface area contributed by atoms with E-state index in [1.165, 1.54) is 14.2 Å². The molecule has 1 N–H and O–H groups in total. The molecule has 0 aliphatic rings. The summed E-state index contributed by atoms with van der Waals surface area (Å²) in [4.78, 5) is 11.2. The van der Waals surface area contributed by atoms with E-state index in [9.17, 15) is 4.79 Å². The monoisotopic (exact) mass is 268 g/mol. The van der Waals surface area contributed by atoms with E-state index in [1.54, 1.807) is 19.1 Å². The van der Waals surface area contributed by atoms with Crippen molar-refractivity contribution in [2.45, 2.75) is 32.8 Å². The highest BCUT2D eigenvalue weighted by molar-refractivity contribution is 5.78. The van der Waals surface area contributed by atoms with Crippen molar-refractivity contribution in [2.24, 2.45) is 0 Å². The first-order valence-corrected chi connectivity index (χ1v) is 6.06. The fraction of sp³-hybridized carbons (Fsp3) is 0.500. The van der Waals surface area contributed by atoms with Crippen LogP contribution in [0.2, 0.25) is 0 Å². The molecule has 5 heteroatoms. The van der Waals surface area contributed by atoms with Crippen molar-refractivity contribution >= 4 is 5.97 Å². The van der Waals surface area contributed by atoms with Crippen LogP contribution in [0, 0.1) is 0 Å². The lowest BCUT2D eigenvalue weighted by molar-refractivity contribution is -0.138. The molecule has 19 heavy (non-hydrogen) atoms. The van der Waals surface area contributed by atoms with Gasteiger partial charge in [-0.15, -0.1) is 0 Å². The van der Waals surface area contributed by atoms with E-state index >= 15 is 0 Å². The normalized spacial score (nSPS) is 12.1. The maximum absolute atomic E-state index is 11.2. The highest BCUT2D eigenvalue weighted by Crippen LogP contribution is 2.43. The van der Waals surface area contributed by atoms with Crippen molar-refractivity contribution in [3.8, 4) is 17.2 Å². The number of carbonyl (C=O) groups is 1. The molecule has 0 spiro atoms. The molecule has 0 aliphatic heterocycles. The molecule has 0 bridgehead atoms. The molecule has 0 amide bonds. The summed E-state index contributed by atoms with van der Waals surface area (Å²) in [6, 6.07) is 3.37. The van der Waals surface area contributed by atoms with Gasteiger partial charge in [-0.25, -0.2) is 0 Å². The Balaban J connectivity index is 3.41. The second kappa shape index (κ2) is 6.31. The zero-order chi connectivity index (χ0) is 14.6. The third kappa shape index (κ3) is 3.30. The number of ether oxygens (including phenoxy) is 3. The molecule has 5 nitrogen and oxygen atoms in total. The molecule has 1 unspecified atom stereocenters. The SMILES string of the molecule is COc1ccc(C(C)C(=O)O)c(OC(C)C)c1OC. The summed E-state index contributed by atoms with van der Waals surface area (Å²) >= 11 is 0. The number of rotatable bonds is 6. The zero-order valence-electron chi connectivity index (χ0n) is 11.9. The van der Waals surface area contributed by atoms with Crippen LogP contribution in [0.3, 0.4) is 0 Å². The molecule has 0 heterocycles. The van der Waals surface area contributed by atoms with Gasteiger partial charge in [0.15, 0.2) is 11.5 Å². The first-order valence-electron chi connectivity index (χ1n) is 6.06. The van der Waals surface area contributed by atoms with Crippen molar-refractivity contribution < 1.29 is 24.1 Å². The first kappa shape index (κ1) is 15.1. The molecule has 0 saturated carbocycles. The van der Waals surface area contributed by atoms with Crippen LogP contribution >= 0.6 is 0 Å². The smallest absolute Gasteiger partial charge is 0.310 e. The second-order valence-corrected chi connectivity index (χ2v) is 4.45. The maximum atomic E-state index is 11.2. The highest BCUT2D eigenvalue weighted by atomic mass is 16.5. The van der Waals surface area contributed by atoms with Crippen LogP contribution in [0.25, 0.3) is 0 Å². The van der Waals surface area contributed by atoms with Crippen LogP contribution in [-0.4, -0.2) is 31.4 Å². The number of aliphatic carboxylic acids is 1. The van der Waals surface area contributed by atoms with E-state index in [0.717, 1.165) is 0 Å². The molecule has 0 aromatic heterocycles. The summed E-state index contributed by atoms with van der Waals surface area (Å²) < 4.78 is 16.2. The minimum absolute atomic E-state index is 0.0965. The second-order valence-electron chi connectivity index (χ2n) is 4.45. The molecule has 0 saturated heterocycles. The lowest BCUT2D eigenvalue weighted by Gasteiger charge is -2.21. The van der Waals surface area contributed by atoms with Gasteiger partial charge in [0.05, 0.1) is 26.2 Å². The van der Waals surface area contributed by atoms with E-state index in [2.05, 4.69) is 0 Å². The van der Waals surface area contributed by atoms with Crippen molar-refractivity contribution in [3.05, 3.63) is 17.7 Å². The van der Waals surface area contributed by atoms with Gasteiger partial charge in [0.1, 0.15) is 0 Å². The minimum Gasteiger partial charge on any atom is -0.493 e. The zero-order valence-corrected chi connectivity index (χ0v) is 11.9. The summed E-state index contributed by atoms with van der Waals surface area (Å²) in [5.41, 5.74) is 0.568. The van der Waals surface area contributed by atoms with Gasteiger partial charge in [-0.1, -0.05) is 6.07 Å². The molecule has 1 rings (SSSR count). The Morgan fingerprint density at radius 2 is 1.74 bits per heavy atom. The third-order valence-corrected chi connectivity index (χ3v) is 2.72. The number of carboxylic acids is 1. The summed E-state index contributed by atoms with van der Waals surface area (Å²) in [7, 11) is 3.03. The van der Waals surface area contributed by atoms with Gasteiger partial charge in [-0.2, -0.15) is 0 Å². The molecule has 0 fully saturated rings. The van der Waals surface area contributed by atoms with Crippen molar-refractivity contribution in [3.63, 3.8) is 0 Å². The average Bonchev–Trinajstić information content (AvgIpc) is 2.36. The van der Waals surface area contributed by atoms with Crippen LogP contribution in [0.5, 0.6) is 17.2 Å². The maximum Gasteiger partial charge on any atom is 0.310 e. The Hall–Kier alpha value is -1.91. The Labute approximate surface area is 113 Å². The lowest BCUT2D eigenvalue weighted by Crippen LogP contribution is -2.14. The van der Waals surface area contributed by atoms with Gasteiger partial charge in [0, 0.05) is 5.56 Å². The lowest BCUT2D eigenvalue weighted by atomic mass is 9.99. The predicted molar refractivity (Wildman–Crippen MR) is 71.4 cm³/mol. The number of hydrogen-bond acceptors (Lipinski definition) is 4. The van der Waals surface area contributed by atoms with E-state index in [4.69, 9.17) is 19.3 Å². The predicted octanol–water partition coefficient (Wildman–Crippen LogP) is 2.68. The Bertz CT molecular complexity index is 453. The van der Waals surface area contributed by atoms with Crippen LogP contribution in [0.1, 0.15) is 32.3 Å². The third-order valence-electron chi connectivity index (χ3n) is 2.72. The van der Waals surface area contributed by atoms with Crippen LogP contribution < -0.4 is 14.2 Å². The van der Waals surface area contributed by atoms with E-state index in [0.29, 0.717) is 22.8 Å². The molecular weight excluding hydrogens is 248 g/mol. The first-order chi connectivity index (χ1) is 8.92. The Kier molecular flexibility index (Phi) is 5.03. The topological polar surface area (TPSA) is 65.0 Å². The van der Waals surface area contributed by atoms with E-state index in [-0.39, 0.29) is 6.10 Å². The standard InChI is InChI=1S/C14H20O5/c1-8(2)19-12-10(9(3)14(15)16)6-7-11(17-4)13(12)18-5/h6-9H,1-5H3,(H,15,16). The fourth-order valence-electron chi connectivity index (χ4n) is 1.75. The molecule has 0 radical (unpaired) electrons. The van der Waals surface area contributed by atoms with E-state index < -0.39 is 11.9 Å². The molecule has 1 aromatic rings. The average molecular weight is 268 g/mol. The van der Waals surface area contributed by atoms with Crippen molar-refractivity contribution in [2.75, 3.05) is 14.2 Å². The Morgan fingerprint density at radius 1 is 1.11 bits per heavy atom. The van der Waals surface area contributed by atoms with Crippen LogP contribution in [0.4, 0.5) is 0 Å². The van der Waals surface area contributed by atoms with Gasteiger partial charge in [0.25, 0.3) is 0 Å². The van der Waals surface area contributed by atoms with E-state index in [1.807, 2.05) is 13.8 Å². The number of hydrogen-bond donors (Lipinski definition) is 1. The summed E-state index contributed by atoms with van der Waals surface area (Å²) in [5.74, 6) is -0.248. The van der Waals surface area contributed by atoms with Crippen molar-refractivity contribution in [1.29, 1.82) is 0 Å². The van der Waals surface area contributed by atoms with Gasteiger partial charge in [0.2, 0.25) is 5.75 Å². The number of methoxy groups -OCH3 is 2. The van der Waals surface area contributed by atoms with Gasteiger partial charge < -0.3 is 19.3 Å². The van der Waals surface area contributed by atoms with Gasteiger partial charge >= 0.3 is 5.97 Å². The largest absolute Gasteiger partial charge is 0.493 e. The summed E-state index contributed by atoms with van der Waals surface area (Å²) in [6.07, 6.45) is -0.0965. The summed E-state index contributed by atoms with van der Waals surface area (Å²) in [5, 5.41) is 9.16. The van der Waals surface area contributed by atoms with Gasteiger partial charge in [-0.3, -0.25) is 4.79 Å². The fourth-order valence-corrected chi connectivity index (χ4v) is 1.75. The minimum atomic E-state index is -0.916. The van der Waals surface area contributed by atoms with Crippen molar-refractivity contribution in [1.82, 2.24) is 0 Å². The quantitative estimate of drug-likeness (QED) is 0.859. The molecule has 1 atom stereocenters. The molecule has 1 aromatic carbocycles. The van der Waals surface area contributed by atoms with Gasteiger partial charge in [-0.05, 0) is 26.8 Å².